The SMILES string of the molecule is CC(C)(C(=O)NCc1cc(Cl)c(C2CCC(=O)NC2=O)c(Cl)c1)c1cnc(CC=O)cn1. The van der Waals surface area contributed by atoms with Gasteiger partial charge < -0.3 is 10.1 Å². The molecule has 0 bridgehead atoms. The standard InChI is InChI=1S/C22H22Cl2N4O4/c1-22(2,17-11-25-13(5-6-29)10-26-17)21(32)27-9-12-7-15(23)19(16(24)8-12)14-3-4-18(30)28-20(14)31/h6-8,10-11,14H,3-5,9H2,1-2H3,(H,27,32)(H,28,30,31). The van der Waals surface area contributed by atoms with Gasteiger partial charge in [-0.1, -0.05) is 23.2 Å². The highest BCUT2D eigenvalue weighted by atomic mass is 35.5. The van der Waals surface area contributed by atoms with Crippen molar-refractivity contribution in [1.29, 1.82) is 0 Å². The monoisotopic (exact) mass is 476 g/mol. The van der Waals surface area contributed by atoms with Crippen molar-refractivity contribution in [1.82, 2.24) is 20.6 Å². The first-order valence-corrected chi connectivity index (χ1v) is 10.7. The lowest BCUT2D eigenvalue weighted by atomic mass is 9.88. The number of piperidine rings is 1. The zero-order valence-corrected chi connectivity index (χ0v) is 19.1. The summed E-state index contributed by atoms with van der Waals surface area (Å²) >= 11 is 12.8. The molecule has 1 aromatic carbocycles. The van der Waals surface area contributed by atoms with Gasteiger partial charge in [-0.2, -0.15) is 0 Å². The van der Waals surface area contributed by atoms with Crippen LogP contribution in [0.25, 0.3) is 0 Å². The van der Waals surface area contributed by atoms with Crippen LogP contribution in [0.5, 0.6) is 0 Å². The van der Waals surface area contributed by atoms with Crippen molar-refractivity contribution in [3.05, 3.63) is 57.1 Å². The molecule has 1 unspecified atom stereocenters. The first kappa shape index (κ1) is 23.8. The summed E-state index contributed by atoms with van der Waals surface area (Å²) in [5, 5.41) is 5.74. The molecule has 8 nitrogen and oxygen atoms in total. The van der Waals surface area contributed by atoms with Crippen LogP contribution in [0.15, 0.2) is 24.5 Å². The van der Waals surface area contributed by atoms with Gasteiger partial charge in [0.05, 0.1) is 22.7 Å². The molecule has 0 aliphatic carbocycles. The number of halogens is 2. The zero-order valence-electron chi connectivity index (χ0n) is 17.6. The summed E-state index contributed by atoms with van der Waals surface area (Å²) in [4.78, 5) is 55.4. The molecule has 1 aromatic heterocycles. The van der Waals surface area contributed by atoms with E-state index in [0.717, 1.165) is 6.29 Å². The van der Waals surface area contributed by atoms with Crippen LogP contribution in [-0.2, 0) is 37.6 Å². The van der Waals surface area contributed by atoms with E-state index in [1.54, 1.807) is 26.0 Å². The topological polar surface area (TPSA) is 118 Å². The number of aromatic nitrogens is 2. The highest BCUT2D eigenvalue weighted by molar-refractivity contribution is 6.36. The van der Waals surface area contributed by atoms with Crippen LogP contribution in [-0.4, -0.2) is 34.0 Å². The number of benzene rings is 1. The molecule has 1 aliphatic heterocycles. The van der Waals surface area contributed by atoms with Crippen molar-refractivity contribution < 1.29 is 19.2 Å². The normalized spacial score (nSPS) is 16.4. The van der Waals surface area contributed by atoms with Gasteiger partial charge in [0, 0.05) is 47.4 Å². The van der Waals surface area contributed by atoms with E-state index >= 15 is 0 Å². The van der Waals surface area contributed by atoms with Crippen LogP contribution in [0.2, 0.25) is 10.0 Å². The molecule has 2 aromatic rings. The van der Waals surface area contributed by atoms with E-state index < -0.39 is 17.2 Å². The number of nitrogens with one attached hydrogen (secondary N) is 2. The Labute approximate surface area is 195 Å². The molecule has 2 heterocycles. The Morgan fingerprint density at radius 3 is 2.47 bits per heavy atom. The highest BCUT2D eigenvalue weighted by Crippen LogP contribution is 2.37. The van der Waals surface area contributed by atoms with Crippen molar-refractivity contribution in [2.75, 3.05) is 0 Å². The third-order valence-corrected chi connectivity index (χ3v) is 6.01. The number of carbonyl (C=O) groups is 4. The van der Waals surface area contributed by atoms with Gasteiger partial charge in [-0.05, 0) is 38.0 Å². The molecule has 1 fully saturated rings. The van der Waals surface area contributed by atoms with Crippen LogP contribution < -0.4 is 10.6 Å². The number of hydrogen-bond donors (Lipinski definition) is 2. The van der Waals surface area contributed by atoms with Crippen LogP contribution in [0, 0.1) is 0 Å². The summed E-state index contributed by atoms with van der Waals surface area (Å²) in [6.45, 7) is 3.60. The van der Waals surface area contributed by atoms with Gasteiger partial charge in [0.1, 0.15) is 6.29 Å². The average molecular weight is 477 g/mol. The highest BCUT2D eigenvalue weighted by Gasteiger charge is 2.33. The van der Waals surface area contributed by atoms with E-state index in [1.165, 1.54) is 12.4 Å². The number of hydrogen-bond acceptors (Lipinski definition) is 6. The fourth-order valence-electron chi connectivity index (χ4n) is 3.43. The third kappa shape index (κ3) is 5.14. The van der Waals surface area contributed by atoms with Gasteiger partial charge in [0.25, 0.3) is 0 Å². The Bertz CT molecular complexity index is 1050. The van der Waals surface area contributed by atoms with E-state index in [-0.39, 0.29) is 31.2 Å². The largest absolute Gasteiger partial charge is 0.351 e. The molecule has 0 radical (unpaired) electrons. The third-order valence-electron chi connectivity index (χ3n) is 5.39. The van der Waals surface area contributed by atoms with Crippen molar-refractivity contribution in [2.24, 2.45) is 0 Å². The second-order valence-corrected chi connectivity index (χ2v) is 8.86. The summed E-state index contributed by atoms with van der Waals surface area (Å²) in [5.74, 6) is -1.62. The van der Waals surface area contributed by atoms with Crippen molar-refractivity contribution >= 4 is 47.2 Å². The lowest BCUT2D eigenvalue weighted by molar-refractivity contribution is -0.134. The zero-order chi connectivity index (χ0) is 23.5. The van der Waals surface area contributed by atoms with E-state index in [1.807, 2.05) is 0 Å². The fourth-order valence-corrected chi connectivity index (χ4v) is 4.22. The quantitative estimate of drug-likeness (QED) is 0.468. The van der Waals surface area contributed by atoms with Crippen molar-refractivity contribution in [3.8, 4) is 0 Å². The van der Waals surface area contributed by atoms with E-state index in [9.17, 15) is 19.2 Å². The molecule has 1 atom stereocenters. The number of carbonyl (C=O) groups excluding carboxylic acids is 4. The first-order chi connectivity index (χ1) is 15.1. The molecular weight excluding hydrogens is 455 g/mol. The lowest BCUT2D eigenvalue weighted by Crippen LogP contribution is -2.40. The molecule has 1 saturated heterocycles. The van der Waals surface area contributed by atoms with E-state index in [0.29, 0.717) is 39.0 Å². The number of rotatable bonds is 7. The molecule has 168 valence electrons. The molecule has 10 heteroatoms. The summed E-state index contributed by atoms with van der Waals surface area (Å²) < 4.78 is 0. The van der Waals surface area contributed by atoms with E-state index in [4.69, 9.17) is 23.2 Å². The molecule has 2 N–H and O–H groups in total. The maximum Gasteiger partial charge on any atom is 0.234 e. The van der Waals surface area contributed by atoms with Gasteiger partial charge in [-0.15, -0.1) is 0 Å². The molecule has 3 rings (SSSR count). The summed E-state index contributed by atoms with van der Waals surface area (Å²) in [5.41, 5.74) is 1.16. The maximum absolute atomic E-state index is 12.8. The molecule has 3 amide bonds. The number of amides is 3. The summed E-state index contributed by atoms with van der Waals surface area (Å²) in [7, 11) is 0. The Morgan fingerprint density at radius 1 is 1.22 bits per heavy atom. The van der Waals surface area contributed by atoms with Crippen molar-refractivity contribution in [2.45, 2.75) is 51.0 Å². The van der Waals surface area contributed by atoms with Crippen LogP contribution >= 0.6 is 23.2 Å². The number of aldehydes is 1. The fraction of sp³-hybridized carbons (Fsp3) is 0.364. The second-order valence-electron chi connectivity index (χ2n) is 8.05. The molecule has 32 heavy (non-hydrogen) atoms. The van der Waals surface area contributed by atoms with Gasteiger partial charge >= 0.3 is 0 Å². The lowest BCUT2D eigenvalue weighted by Gasteiger charge is -2.24. The Morgan fingerprint density at radius 2 is 1.91 bits per heavy atom. The molecule has 0 spiro atoms. The summed E-state index contributed by atoms with van der Waals surface area (Å²) in [6.07, 6.45) is 4.42. The minimum Gasteiger partial charge on any atom is -0.351 e. The van der Waals surface area contributed by atoms with Gasteiger partial charge in [-0.25, -0.2) is 0 Å². The van der Waals surface area contributed by atoms with Crippen LogP contribution in [0.1, 0.15) is 55.1 Å². The summed E-state index contributed by atoms with van der Waals surface area (Å²) in [6, 6.07) is 3.29. The Hall–Kier alpha value is -2.84. The van der Waals surface area contributed by atoms with Gasteiger partial charge in [0.2, 0.25) is 17.7 Å². The van der Waals surface area contributed by atoms with Crippen LogP contribution in [0.4, 0.5) is 0 Å². The van der Waals surface area contributed by atoms with Gasteiger partial charge in [-0.3, -0.25) is 29.7 Å². The maximum atomic E-state index is 12.8. The molecule has 0 saturated carbocycles. The molecular formula is C22H22Cl2N4O4. The Balaban J connectivity index is 1.71. The Kier molecular flexibility index (Phi) is 7.26. The van der Waals surface area contributed by atoms with Gasteiger partial charge in [0.15, 0.2) is 0 Å². The average Bonchev–Trinajstić information content (AvgIpc) is 2.73. The van der Waals surface area contributed by atoms with E-state index in [2.05, 4.69) is 20.6 Å². The predicted molar refractivity (Wildman–Crippen MR) is 118 cm³/mol. The minimum atomic E-state index is -0.965. The second kappa shape index (κ2) is 9.75. The predicted octanol–water partition coefficient (Wildman–Crippen LogP) is 2.64. The minimum absolute atomic E-state index is 0.161. The van der Waals surface area contributed by atoms with Crippen LogP contribution in [0.3, 0.4) is 0 Å². The van der Waals surface area contributed by atoms with Crippen molar-refractivity contribution in [3.63, 3.8) is 0 Å². The smallest absolute Gasteiger partial charge is 0.234 e. The number of imide groups is 1. The number of nitrogens with zero attached hydrogens (tertiary/aromatic N) is 2. The molecule has 1 aliphatic rings. The first-order valence-electron chi connectivity index (χ1n) is 9.98.